The minimum absolute atomic E-state index is 0.0295. The van der Waals surface area contributed by atoms with E-state index in [2.05, 4.69) is 41.1 Å². The smallest absolute Gasteiger partial charge is 0.416 e. The first kappa shape index (κ1) is 30.7. The van der Waals surface area contributed by atoms with Crippen LogP contribution in [-0.2, 0) is 11.6 Å². The number of nitrogens with zero attached hydrogens (tertiary/aromatic N) is 1. The van der Waals surface area contributed by atoms with Gasteiger partial charge in [-0.25, -0.2) is 0 Å². The van der Waals surface area contributed by atoms with E-state index >= 15 is 0 Å². The van der Waals surface area contributed by atoms with Gasteiger partial charge >= 0.3 is 6.18 Å². The molecule has 6 rings (SSSR count). The molecule has 7 heteroatoms. The van der Waals surface area contributed by atoms with Crippen molar-refractivity contribution in [3.8, 4) is 22.3 Å². The summed E-state index contributed by atoms with van der Waals surface area (Å²) < 4.78 is 39.1. The molecule has 4 aromatic carbocycles. The quantitative estimate of drug-likeness (QED) is 0.147. The van der Waals surface area contributed by atoms with E-state index in [1.54, 1.807) is 24.3 Å². The van der Waals surface area contributed by atoms with E-state index in [1.807, 2.05) is 24.3 Å². The number of hydrogen-bond acceptors (Lipinski definition) is 3. The van der Waals surface area contributed by atoms with E-state index in [9.17, 15) is 23.1 Å². The maximum atomic E-state index is 13.3. The Labute approximate surface area is 262 Å². The summed E-state index contributed by atoms with van der Waals surface area (Å²) in [6.45, 7) is 6.71. The highest BCUT2D eigenvalue weighted by Crippen LogP contribution is 2.54. The number of aliphatic hydroxyl groups excluding tert-OH is 1. The molecule has 1 heterocycles. The molecule has 1 aliphatic carbocycles. The Balaban J connectivity index is 1.02. The topological polar surface area (TPSA) is 52.6 Å². The highest BCUT2D eigenvalue weighted by Gasteiger charge is 2.45. The lowest BCUT2D eigenvalue weighted by Crippen LogP contribution is -2.45. The summed E-state index contributed by atoms with van der Waals surface area (Å²) in [7, 11) is 0. The number of rotatable bonds is 9. The van der Waals surface area contributed by atoms with Crippen LogP contribution in [0.4, 0.5) is 13.2 Å². The van der Waals surface area contributed by atoms with Crippen molar-refractivity contribution in [2.24, 2.45) is 0 Å². The van der Waals surface area contributed by atoms with Crippen LogP contribution in [-0.4, -0.2) is 41.6 Å². The fourth-order valence-corrected chi connectivity index (χ4v) is 7.11. The third-order valence-corrected chi connectivity index (χ3v) is 9.45. The summed E-state index contributed by atoms with van der Waals surface area (Å²) in [6.07, 6.45) is -0.0637. The number of hydrogen-bond donors (Lipinski definition) is 2. The molecule has 0 bridgehead atoms. The van der Waals surface area contributed by atoms with Crippen LogP contribution in [0.1, 0.15) is 59.2 Å². The van der Waals surface area contributed by atoms with Crippen molar-refractivity contribution >= 4 is 5.91 Å². The number of allylic oxidation sites excluding steroid dienone is 1. The van der Waals surface area contributed by atoms with Gasteiger partial charge in [0, 0.05) is 24.7 Å². The molecule has 0 unspecified atom stereocenters. The monoisotopic (exact) mass is 610 g/mol. The van der Waals surface area contributed by atoms with Gasteiger partial charge in [-0.2, -0.15) is 13.2 Å². The van der Waals surface area contributed by atoms with E-state index in [4.69, 9.17) is 0 Å². The third kappa shape index (κ3) is 6.01. The summed E-state index contributed by atoms with van der Waals surface area (Å²) >= 11 is 0. The number of carbonyl (C=O) groups is 1. The number of unbranched alkanes of at least 4 members (excludes halogenated alkanes) is 1. The number of alkyl halides is 3. The maximum Gasteiger partial charge on any atom is 0.416 e. The van der Waals surface area contributed by atoms with Crippen LogP contribution in [0.15, 0.2) is 109 Å². The second-order valence-electron chi connectivity index (χ2n) is 12.1. The molecule has 0 saturated carbocycles. The van der Waals surface area contributed by atoms with E-state index < -0.39 is 17.2 Å². The van der Waals surface area contributed by atoms with Crippen LogP contribution in [0.25, 0.3) is 22.3 Å². The summed E-state index contributed by atoms with van der Waals surface area (Å²) in [5.41, 5.74) is 4.88. The van der Waals surface area contributed by atoms with Crippen LogP contribution in [0.5, 0.6) is 0 Å². The number of likely N-dealkylation sites (tertiary alicyclic amines) is 1. The van der Waals surface area contributed by atoms with Crippen LogP contribution in [0.3, 0.4) is 0 Å². The molecule has 1 saturated heterocycles. The number of benzene rings is 4. The van der Waals surface area contributed by atoms with Crippen LogP contribution < -0.4 is 5.32 Å². The highest BCUT2D eigenvalue weighted by atomic mass is 19.4. The Morgan fingerprint density at radius 1 is 0.822 bits per heavy atom. The molecule has 0 atom stereocenters. The Kier molecular flexibility index (Phi) is 8.56. The second kappa shape index (κ2) is 12.6. The molecule has 4 aromatic rings. The number of piperidine rings is 1. The van der Waals surface area contributed by atoms with Gasteiger partial charge in [0.15, 0.2) is 0 Å². The van der Waals surface area contributed by atoms with Gasteiger partial charge < -0.3 is 15.3 Å². The fraction of sp³-hybridized carbons (Fsp3) is 0.289. The number of fused-ring (bicyclic) bond motifs is 3. The predicted octanol–water partition coefficient (Wildman–Crippen LogP) is 8.78. The number of carbonyl (C=O) groups excluding carboxylic acids is 1. The maximum absolute atomic E-state index is 13.3. The first-order valence-electron chi connectivity index (χ1n) is 15.6. The Hall–Kier alpha value is -4.36. The Bertz CT molecular complexity index is 1640. The highest BCUT2D eigenvalue weighted by molar-refractivity contribution is 6.01. The van der Waals surface area contributed by atoms with Crippen molar-refractivity contribution < 1.29 is 23.1 Å². The van der Waals surface area contributed by atoms with Crippen molar-refractivity contribution in [2.75, 3.05) is 19.6 Å². The number of nitrogens with one attached hydrogen (secondary N) is 1. The van der Waals surface area contributed by atoms with Crippen molar-refractivity contribution in [1.29, 1.82) is 0 Å². The largest absolute Gasteiger partial charge is 0.512 e. The summed E-state index contributed by atoms with van der Waals surface area (Å²) in [6, 6.07) is 28.6. The molecule has 4 nitrogen and oxygen atoms in total. The van der Waals surface area contributed by atoms with Gasteiger partial charge in [0.25, 0.3) is 5.91 Å². The zero-order valence-electron chi connectivity index (χ0n) is 25.1. The van der Waals surface area contributed by atoms with Crippen molar-refractivity contribution in [1.82, 2.24) is 10.2 Å². The normalized spacial score (nSPS) is 16.2. The van der Waals surface area contributed by atoms with Gasteiger partial charge in [-0.05, 0) is 83.8 Å². The van der Waals surface area contributed by atoms with Gasteiger partial charge in [0.2, 0.25) is 0 Å². The van der Waals surface area contributed by atoms with E-state index in [0.717, 1.165) is 86.1 Å². The van der Waals surface area contributed by atoms with Gasteiger partial charge in [0.05, 0.1) is 11.0 Å². The van der Waals surface area contributed by atoms with E-state index in [1.165, 1.54) is 12.1 Å². The molecule has 0 radical (unpaired) electrons. The Morgan fingerprint density at radius 3 is 1.96 bits per heavy atom. The van der Waals surface area contributed by atoms with Crippen LogP contribution in [0, 0.1) is 0 Å². The minimum atomic E-state index is -4.41. The lowest BCUT2D eigenvalue weighted by atomic mass is 9.73. The lowest BCUT2D eigenvalue weighted by Gasteiger charge is -2.33. The van der Waals surface area contributed by atoms with Crippen molar-refractivity contribution in [3.05, 3.63) is 132 Å². The zero-order chi connectivity index (χ0) is 31.6. The molecule has 1 amide bonds. The first-order chi connectivity index (χ1) is 21.7. The molecule has 2 N–H and O–H groups in total. The molecule has 45 heavy (non-hydrogen) atoms. The van der Waals surface area contributed by atoms with Gasteiger partial charge in [-0.1, -0.05) is 91.9 Å². The Morgan fingerprint density at radius 2 is 1.38 bits per heavy atom. The molecule has 1 aliphatic heterocycles. The standard InChI is InChI=1S/C38H37F3N2O2/c1-26(44)37(34-14-6-4-11-31(34)32-12-5-7-15-35(32)37)22-8-9-23-43-24-20-29(21-25-43)42-36(45)33-13-3-2-10-30(33)27-16-18-28(19-17-27)38(39,40)41/h2-7,10-19,29,44H,1,8-9,20-25H2,(H,42,45). The molecule has 0 aromatic heterocycles. The average Bonchev–Trinajstić information content (AvgIpc) is 3.34. The summed E-state index contributed by atoms with van der Waals surface area (Å²) in [5.74, 6) is -0.0213. The zero-order valence-corrected chi connectivity index (χ0v) is 25.1. The SMILES string of the molecule is C=C(O)C1(CCCCN2CCC(NC(=O)c3ccccc3-c3ccc(C(F)(F)F)cc3)CC2)c2ccccc2-c2ccccc21. The molecule has 1 fully saturated rings. The van der Waals surface area contributed by atoms with Crippen LogP contribution >= 0.6 is 0 Å². The molecular formula is C38H37F3N2O2. The summed E-state index contributed by atoms with van der Waals surface area (Å²) in [4.78, 5) is 15.7. The number of aliphatic hydroxyl groups is 1. The predicted molar refractivity (Wildman–Crippen MR) is 172 cm³/mol. The van der Waals surface area contributed by atoms with E-state index in [-0.39, 0.29) is 17.7 Å². The minimum Gasteiger partial charge on any atom is -0.512 e. The molecular weight excluding hydrogens is 573 g/mol. The summed E-state index contributed by atoms with van der Waals surface area (Å²) in [5, 5.41) is 14.1. The molecule has 232 valence electrons. The van der Waals surface area contributed by atoms with Crippen LogP contribution in [0.2, 0.25) is 0 Å². The van der Waals surface area contributed by atoms with Crippen molar-refractivity contribution in [3.63, 3.8) is 0 Å². The van der Waals surface area contributed by atoms with Gasteiger partial charge in [-0.15, -0.1) is 0 Å². The number of halogens is 3. The molecule has 2 aliphatic rings. The first-order valence-corrected chi connectivity index (χ1v) is 15.6. The third-order valence-electron chi connectivity index (χ3n) is 9.45. The fourth-order valence-electron chi connectivity index (χ4n) is 7.11. The van der Waals surface area contributed by atoms with Gasteiger partial charge in [0.1, 0.15) is 5.76 Å². The average molecular weight is 611 g/mol. The molecule has 0 spiro atoms. The lowest BCUT2D eigenvalue weighted by molar-refractivity contribution is -0.137. The number of amides is 1. The second-order valence-corrected chi connectivity index (χ2v) is 12.1. The van der Waals surface area contributed by atoms with E-state index in [0.29, 0.717) is 16.7 Å². The van der Waals surface area contributed by atoms with Crippen molar-refractivity contribution in [2.45, 2.75) is 49.7 Å². The van der Waals surface area contributed by atoms with Gasteiger partial charge in [-0.3, -0.25) is 4.79 Å².